The Balaban J connectivity index is 1.50. The molecule has 3 aromatic rings. The van der Waals surface area contributed by atoms with Crippen LogP contribution in [0.4, 0.5) is 0 Å². The Morgan fingerprint density at radius 1 is 1.00 bits per heavy atom. The molecule has 30 heavy (non-hydrogen) atoms. The SMILES string of the molecule is Cc1c(C(=O)N2CCN(C(=O)c3cc(Cl)cc(Cl)c3)CC2)sc2ncn(C)c(=O)c12. The van der Waals surface area contributed by atoms with Crippen LogP contribution in [0.5, 0.6) is 0 Å². The number of piperazine rings is 1. The number of aryl methyl sites for hydroxylation is 2. The van der Waals surface area contributed by atoms with Crippen LogP contribution in [0.3, 0.4) is 0 Å². The quantitative estimate of drug-likeness (QED) is 0.583. The average Bonchev–Trinajstić information content (AvgIpc) is 3.06. The number of nitrogens with zero attached hydrogens (tertiary/aromatic N) is 4. The summed E-state index contributed by atoms with van der Waals surface area (Å²) in [6.07, 6.45) is 1.46. The Labute approximate surface area is 186 Å². The van der Waals surface area contributed by atoms with Crippen molar-refractivity contribution in [1.82, 2.24) is 19.4 Å². The highest BCUT2D eigenvalue weighted by atomic mass is 35.5. The van der Waals surface area contributed by atoms with E-state index in [9.17, 15) is 14.4 Å². The lowest BCUT2D eigenvalue weighted by molar-refractivity contribution is 0.0538. The predicted molar refractivity (Wildman–Crippen MR) is 118 cm³/mol. The van der Waals surface area contributed by atoms with Gasteiger partial charge in [0, 0.05) is 48.8 Å². The zero-order chi connectivity index (χ0) is 21.6. The molecule has 0 radical (unpaired) electrons. The van der Waals surface area contributed by atoms with E-state index >= 15 is 0 Å². The standard InChI is InChI=1S/C20H18Cl2N4O3S/c1-11-15-17(23-10-24(2)19(15)28)30-16(11)20(29)26-5-3-25(4-6-26)18(27)12-7-13(21)9-14(22)8-12/h7-10H,3-6H2,1-2H3. The maximum absolute atomic E-state index is 13.1. The molecule has 0 N–H and O–H groups in total. The van der Waals surface area contributed by atoms with Crippen LogP contribution in [0.2, 0.25) is 10.0 Å². The maximum atomic E-state index is 13.1. The number of aromatic nitrogens is 2. The number of halogens is 2. The van der Waals surface area contributed by atoms with Gasteiger partial charge in [0.15, 0.2) is 0 Å². The summed E-state index contributed by atoms with van der Waals surface area (Å²) < 4.78 is 1.41. The van der Waals surface area contributed by atoms with Gasteiger partial charge < -0.3 is 14.4 Å². The van der Waals surface area contributed by atoms with E-state index in [-0.39, 0.29) is 17.4 Å². The van der Waals surface area contributed by atoms with E-state index < -0.39 is 0 Å². The molecule has 0 saturated carbocycles. The maximum Gasteiger partial charge on any atom is 0.264 e. The molecule has 2 amide bonds. The molecule has 0 atom stereocenters. The fourth-order valence-corrected chi connectivity index (χ4v) is 5.16. The fraction of sp³-hybridized carbons (Fsp3) is 0.300. The second kappa shape index (κ2) is 8.02. The highest BCUT2D eigenvalue weighted by Gasteiger charge is 2.28. The highest BCUT2D eigenvalue weighted by molar-refractivity contribution is 7.20. The molecule has 10 heteroatoms. The third-order valence-electron chi connectivity index (χ3n) is 5.17. The summed E-state index contributed by atoms with van der Waals surface area (Å²) in [6.45, 7) is 3.38. The van der Waals surface area contributed by atoms with Gasteiger partial charge in [0.25, 0.3) is 17.4 Å². The number of thiophene rings is 1. The van der Waals surface area contributed by atoms with Crippen LogP contribution in [0.1, 0.15) is 25.6 Å². The third kappa shape index (κ3) is 3.71. The predicted octanol–water partition coefficient (Wildman–Crippen LogP) is 3.21. The first-order valence-electron chi connectivity index (χ1n) is 9.25. The molecule has 156 valence electrons. The molecule has 0 spiro atoms. The van der Waals surface area contributed by atoms with Crippen molar-refractivity contribution in [3.63, 3.8) is 0 Å². The van der Waals surface area contributed by atoms with Gasteiger partial charge in [0.1, 0.15) is 4.83 Å². The van der Waals surface area contributed by atoms with Gasteiger partial charge in [-0.3, -0.25) is 14.4 Å². The lowest BCUT2D eigenvalue weighted by atomic mass is 10.1. The van der Waals surface area contributed by atoms with Crippen molar-refractivity contribution >= 4 is 56.6 Å². The minimum atomic E-state index is -0.169. The first-order valence-corrected chi connectivity index (χ1v) is 10.8. The lowest BCUT2D eigenvalue weighted by Gasteiger charge is -2.34. The fourth-order valence-electron chi connectivity index (χ4n) is 3.53. The molecule has 1 saturated heterocycles. The summed E-state index contributed by atoms with van der Waals surface area (Å²) in [4.78, 5) is 47.0. The number of hydrogen-bond donors (Lipinski definition) is 0. The van der Waals surface area contributed by atoms with Gasteiger partial charge in [-0.05, 0) is 30.7 Å². The van der Waals surface area contributed by atoms with Gasteiger partial charge in [0.05, 0.1) is 16.6 Å². The Bertz CT molecular complexity index is 1210. The topological polar surface area (TPSA) is 75.5 Å². The zero-order valence-electron chi connectivity index (χ0n) is 16.3. The monoisotopic (exact) mass is 464 g/mol. The molecule has 0 bridgehead atoms. The number of benzene rings is 1. The first-order chi connectivity index (χ1) is 14.3. The second-order valence-corrected chi connectivity index (χ2v) is 9.01. The smallest absolute Gasteiger partial charge is 0.264 e. The van der Waals surface area contributed by atoms with E-state index in [1.165, 1.54) is 22.2 Å². The number of rotatable bonds is 2. The van der Waals surface area contributed by atoms with Crippen LogP contribution in [0, 0.1) is 6.92 Å². The molecule has 1 fully saturated rings. The van der Waals surface area contributed by atoms with Gasteiger partial charge in [0.2, 0.25) is 0 Å². The van der Waals surface area contributed by atoms with Gasteiger partial charge in [-0.2, -0.15) is 0 Å². The van der Waals surface area contributed by atoms with Crippen molar-refractivity contribution in [2.24, 2.45) is 7.05 Å². The first kappa shape index (κ1) is 20.8. The largest absolute Gasteiger partial charge is 0.335 e. The number of hydrogen-bond acceptors (Lipinski definition) is 5. The summed E-state index contributed by atoms with van der Waals surface area (Å²) >= 11 is 13.2. The minimum absolute atomic E-state index is 0.143. The Kier molecular flexibility index (Phi) is 5.57. The van der Waals surface area contributed by atoms with Gasteiger partial charge >= 0.3 is 0 Å². The van der Waals surface area contributed by atoms with E-state index in [1.807, 2.05) is 0 Å². The second-order valence-electron chi connectivity index (χ2n) is 7.14. The van der Waals surface area contributed by atoms with Crippen LogP contribution >= 0.6 is 34.5 Å². The summed E-state index contributed by atoms with van der Waals surface area (Å²) in [5, 5.41) is 1.29. The third-order valence-corrected chi connectivity index (χ3v) is 6.79. The molecule has 0 unspecified atom stereocenters. The lowest BCUT2D eigenvalue weighted by Crippen LogP contribution is -2.50. The molecule has 0 aliphatic carbocycles. The molecular formula is C20H18Cl2N4O3S. The van der Waals surface area contributed by atoms with E-state index in [4.69, 9.17) is 23.2 Å². The van der Waals surface area contributed by atoms with Crippen LogP contribution < -0.4 is 5.56 Å². The Morgan fingerprint density at radius 3 is 2.17 bits per heavy atom. The van der Waals surface area contributed by atoms with Gasteiger partial charge in [-0.25, -0.2) is 4.98 Å². The van der Waals surface area contributed by atoms with Crippen molar-refractivity contribution in [3.05, 3.63) is 60.9 Å². The summed E-state index contributed by atoms with van der Waals surface area (Å²) in [7, 11) is 1.64. The summed E-state index contributed by atoms with van der Waals surface area (Å²) in [6, 6.07) is 4.74. The van der Waals surface area contributed by atoms with Gasteiger partial charge in [-0.15, -0.1) is 11.3 Å². The summed E-state index contributed by atoms with van der Waals surface area (Å²) in [5.74, 6) is -0.312. The molecule has 1 aliphatic heterocycles. The van der Waals surface area contributed by atoms with E-state index in [0.717, 1.165) is 0 Å². The van der Waals surface area contributed by atoms with Gasteiger partial charge in [-0.1, -0.05) is 23.2 Å². The average molecular weight is 465 g/mol. The Morgan fingerprint density at radius 2 is 1.57 bits per heavy atom. The Hall–Kier alpha value is -2.42. The minimum Gasteiger partial charge on any atom is -0.335 e. The van der Waals surface area contributed by atoms with Crippen molar-refractivity contribution in [2.45, 2.75) is 6.92 Å². The van der Waals surface area contributed by atoms with Crippen molar-refractivity contribution < 1.29 is 9.59 Å². The van der Waals surface area contributed by atoms with Crippen LogP contribution in [-0.2, 0) is 7.05 Å². The molecule has 2 aromatic heterocycles. The highest BCUT2D eigenvalue weighted by Crippen LogP contribution is 2.28. The van der Waals surface area contributed by atoms with Crippen LogP contribution in [-0.4, -0.2) is 57.3 Å². The number of carbonyl (C=O) groups excluding carboxylic acids is 2. The molecular weight excluding hydrogens is 447 g/mol. The van der Waals surface area contributed by atoms with E-state index in [2.05, 4.69) is 4.98 Å². The van der Waals surface area contributed by atoms with E-state index in [0.29, 0.717) is 62.4 Å². The molecule has 1 aromatic carbocycles. The molecule has 4 rings (SSSR count). The van der Waals surface area contributed by atoms with Crippen LogP contribution in [0.25, 0.3) is 10.2 Å². The molecule has 1 aliphatic rings. The van der Waals surface area contributed by atoms with Crippen molar-refractivity contribution in [3.8, 4) is 0 Å². The molecule has 7 nitrogen and oxygen atoms in total. The van der Waals surface area contributed by atoms with Crippen molar-refractivity contribution in [2.75, 3.05) is 26.2 Å². The van der Waals surface area contributed by atoms with E-state index in [1.54, 1.807) is 42.0 Å². The number of fused-ring (bicyclic) bond motifs is 1. The molecule has 3 heterocycles. The summed E-state index contributed by atoms with van der Waals surface area (Å²) in [5.41, 5.74) is 0.915. The number of amides is 2. The number of carbonyl (C=O) groups is 2. The zero-order valence-corrected chi connectivity index (χ0v) is 18.6. The van der Waals surface area contributed by atoms with Crippen molar-refractivity contribution in [1.29, 1.82) is 0 Å². The van der Waals surface area contributed by atoms with Crippen LogP contribution in [0.15, 0.2) is 29.3 Å². The normalized spacial score (nSPS) is 14.4.